The van der Waals surface area contributed by atoms with Crippen molar-refractivity contribution in [2.75, 3.05) is 50.5 Å². The smallest absolute Gasteiger partial charge is 0.324 e. The molecule has 0 aromatic heterocycles. The number of urea groups is 2. The fraction of sp³-hybridized carbons (Fsp3) is 0.556. The van der Waals surface area contributed by atoms with E-state index in [-0.39, 0.29) is 12.1 Å². The summed E-state index contributed by atoms with van der Waals surface area (Å²) >= 11 is 0. The molecule has 0 bridgehead atoms. The van der Waals surface area contributed by atoms with Gasteiger partial charge in [-0.25, -0.2) is 9.59 Å². The Hall–Kier alpha value is -2.28. The van der Waals surface area contributed by atoms with Crippen LogP contribution in [-0.4, -0.2) is 68.2 Å². The topological polar surface area (TPSA) is 67.9 Å². The van der Waals surface area contributed by atoms with Gasteiger partial charge in [0.1, 0.15) is 0 Å². The molecule has 4 amide bonds. The maximum Gasteiger partial charge on any atom is 0.324 e. The third-order valence-corrected chi connectivity index (χ3v) is 5.07. The Morgan fingerprint density at radius 2 is 2.08 bits per heavy atom. The number of anilines is 2. The van der Waals surface area contributed by atoms with Gasteiger partial charge >= 0.3 is 12.1 Å². The van der Waals surface area contributed by atoms with Gasteiger partial charge in [-0.15, -0.1) is 0 Å². The van der Waals surface area contributed by atoms with Crippen LogP contribution >= 0.6 is 0 Å². The van der Waals surface area contributed by atoms with Crippen LogP contribution in [0.15, 0.2) is 24.3 Å². The van der Waals surface area contributed by atoms with Crippen molar-refractivity contribution in [3.63, 3.8) is 0 Å². The first-order chi connectivity index (χ1) is 12.0. The number of likely N-dealkylation sites (tertiary alicyclic amines) is 1. The molecular formula is C18H27N5O2. The minimum absolute atomic E-state index is 0.0118. The van der Waals surface area contributed by atoms with Crippen LogP contribution in [0.1, 0.15) is 19.3 Å². The van der Waals surface area contributed by atoms with Gasteiger partial charge in [-0.2, -0.15) is 0 Å². The van der Waals surface area contributed by atoms with Crippen LogP contribution in [0.4, 0.5) is 21.0 Å². The Morgan fingerprint density at radius 3 is 2.76 bits per heavy atom. The fourth-order valence-electron chi connectivity index (χ4n) is 3.51. The number of amides is 4. The van der Waals surface area contributed by atoms with Gasteiger partial charge in [0, 0.05) is 44.1 Å². The summed E-state index contributed by atoms with van der Waals surface area (Å²) in [6.45, 7) is 3.19. The van der Waals surface area contributed by atoms with Gasteiger partial charge in [-0.1, -0.05) is 6.07 Å². The zero-order valence-corrected chi connectivity index (χ0v) is 15.0. The molecule has 0 spiro atoms. The summed E-state index contributed by atoms with van der Waals surface area (Å²) in [5.41, 5.74) is 1.50. The van der Waals surface area contributed by atoms with E-state index in [1.54, 1.807) is 16.8 Å². The van der Waals surface area contributed by atoms with E-state index in [1.807, 2.05) is 24.3 Å². The van der Waals surface area contributed by atoms with Crippen LogP contribution in [0.3, 0.4) is 0 Å². The Balaban J connectivity index is 1.50. The van der Waals surface area contributed by atoms with Crippen LogP contribution in [0, 0.1) is 0 Å². The van der Waals surface area contributed by atoms with Gasteiger partial charge in [0.15, 0.2) is 0 Å². The highest BCUT2D eigenvalue weighted by molar-refractivity contribution is 5.95. The lowest BCUT2D eigenvalue weighted by Gasteiger charge is -2.19. The van der Waals surface area contributed by atoms with Crippen LogP contribution in [0.5, 0.6) is 0 Å². The first kappa shape index (κ1) is 17.5. The van der Waals surface area contributed by atoms with Gasteiger partial charge < -0.3 is 20.4 Å². The summed E-state index contributed by atoms with van der Waals surface area (Å²) in [5.74, 6) is 0. The first-order valence-corrected chi connectivity index (χ1v) is 8.92. The molecule has 2 aliphatic rings. The molecule has 2 fully saturated rings. The largest absolute Gasteiger partial charge is 0.338 e. The Bertz CT molecular complexity index is 636. The molecule has 3 rings (SSSR count). The summed E-state index contributed by atoms with van der Waals surface area (Å²) in [5, 5.41) is 5.77. The highest BCUT2D eigenvalue weighted by atomic mass is 16.2. The maximum absolute atomic E-state index is 12.1. The molecular weight excluding hydrogens is 318 g/mol. The molecule has 0 aliphatic carbocycles. The molecule has 2 N–H and O–H groups in total. The second-order valence-corrected chi connectivity index (χ2v) is 6.85. The van der Waals surface area contributed by atoms with Crippen LogP contribution in [0.25, 0.3) is 0 Å². The molecule has 1 aromatic rings. The van der Waals surface area contributed by atoms with Gasteiger partial charge in [0.05, 0.1) is 0 Å². The maximum atomic E-state index is 12.1. The molecule has 2 heterocycles. The van der Waals surface area contributed by atoms with Crippen molar-refractivity contribution in [3.05, 3.63) is 24.3 Å². The number of rotatable bonds is 5. The number of hydrogen-bond acceptors (Lipinski definition) is 3. The Morgan fingerprint density at radius 1 is 1.24 bits per heavy atom. The van der Waals surface area contributed by atoms with Crippen LogP contribution < -0.4 is 15.5 Å². The average molecular weight is 345 g/mol. The highest BCUT2D eigenvalue weighted by Gasteiger charge is 2.26. The molecule has 2 saturated heterocycles. The lowest BCUT2D eigenvalue weighted by Crippen LogP contribution is -2.34. The number of carbonyl (C=O) groups excluding carboxylic acids is 2. The van der Waals surface area contributed by atoms with Crippen molar-refractivity contribution in [2.24, 2.45) is 0 Å². The zero-order chi connectivity index (χ0) is 17.8. The van der Waals surface area contributed by atoms with E-state index >= 15 is 0 Å². The minimum atomic E-state index is -0.206. The summed E-state index contributed by atoms with van der Waals surface area (Å²) in [7, 11) is 3.93. The number of nitrogens with one attached hydrogen (secondary N) is 2. The molecule has 1 unspecified atom stereocenters. The van der Waals surface area contributed by atoms with E-state index in [4.69, 9.17) is 0 Å². The van der Waals surface area contributed by atoms with Crippen LogP contribution in [-0.2, 0) is 0 Å². The van der Waals surface area contributed by atoms with Gasteiger partial charge in [-0.3, -0.25) is 4.90 Å². The third kappa shape index (κ3) is 4.22. The highest BCUT2D eigenvalue weighted by Crippen LogP contribution is 2.23. The quantitative estimate of drug-likeness (QED) is 0.859. The summed E-state index contributed by atoms with van der Waals surface area (Å²) in [4.78, 5) is 29.9. The predicted molar refractivity (Wildman–Crippen MR) is 99.1 cm³/mol. The fourth-order valence-corrected chi connectivity index (χ4v) is 3.51. The Labute approximate surface area is 149 Å². The normalized spacial score (nSPS) is 21.0. The van der Waals surface area contributed by atoms with Gasteiger partial charge in [0.2, 0.25) is 0 Å². The van der Waals surface area contributed by atoms with E-state index in [1.165, 1.54) is 12.8 Å². The first-order valence-electron chi connectivity index (χ1n) is 8.92. The van der Waals surface area contributed by atoms with Crippen molar-refractivity contribution in [1.82, 2.24) is 15.1 Å². The number of benzene rings is 1. The molecule has 2 aliphatic heterocycles. The molecule has 136 valence electrons. The SMILES string of the molecule is CN1CCN(c2cccc(NC(=O)NCCC3CCCN3C)c2)C1=O. The molecule has 7 nitrogen and oxygen atoms in total. The predicted octanol–water partition coefficient (Wildman–Crippen LogP) is 2.16. The van der Waals surface area contributed by atoms with E-state index in [0.717, 1.165) is 18.7 Å². The van der Waals surface area contributed by atoms with E-state index in [9.17, 15) is 9.59 Å². The third-order valence-electron chi connectivity index (χ3n) is 5.07. The van der Waals surface area contributed by atoms with Crippen molar-refractivity contribution < 1.29 is 9.59 Å². The lowest BCUT2D eigenvalue weighted by molar-refractivity contribution is 0.229. The van der Waals surface area contributed by atoms with Crippen molar-refractivity contribution in [2.45, 2.75) is 25.3 Å². The Kier molecular flexibility index (Phi) is 5.43. The molecule has 1 aromatic carbocycles. The lowest BCUT2D eigenvalue weighted by atomic mass is 10.1. The molecule has 0 saturated carbocycles. The number of carbonyl (C=O) groups is 2. The van der Waals surface area contributed by atoms with Crippen LogP contribution in [0.2, 0.25) is 0 Å². The van der Waals surface area contributed by atoms with Crippen molar-refractivity contribution in [1.29, 1.82) is 0 Å². The van der Waals surface area contributed by atoms with Gasteiger partial charge in [0.25, 0.3) is 0 Å². The average Bonchev–Trinajstić information content (AvgIpc) is 3.14. The van der Waals surface area contributed by atoms with Crippen molar-refractivity contribution >= 4 is 23.4 Å². The molecule has 7 heteroatoms. The van der Waals surface area contributed by atoms with Crippen molar-refractivity contribution in [3.8, 4) is 0 Å². The summed E-state index contributed by atoms with van der Waals surface area (Å²) < 4.78 is 0. The zero-order valence-electron chi connectivity index (χ0n) is 15.0. The molecule has 1 atom stereocenters. The standard InChI is InChI=1S/C18H27N5O2/c1-21-10-4-7-15(21)8-9-19-17(24)20-14-5-3-6-16(13-14)23-12-11-22(2)18(23)25/h3,5-6,13,15H,4,7-12H2,1-2H3,(H2,19,20,24). The monoisotopic (exact) mass is 345 g/mol. The summed E-state index contributed by atoms with van der Waals surface area (Å²) in [6, 6.07) is 7.76. The molecule has 0 radical (unpaired) electrons. The van der Waals surface area contributed by atoms with E-state index in [0.29, 0.717) is 31.4 Å². The number of likely N-dealkylation sites (N-methyl/N-ethyl adjacent to an activating group) is 1. The number of hydrogen-bond donors (Lipinski definition) is 2. The minimum Gasteiger partial charge on any atom is -0.338 e. The number of nitrogens with zero attached hydrogens (tertiary/aromatic N) is 3. The van der Waals surface area contributed by atoms with Gasteiger partial charge in [-0.05, 0) is 51.1 Å². The van der Waals surface area contributed by atoms with E-state index in [2.05, 4.69) is 22.6 Å². The van der Waals surface area contributed by atoms with E-state index < -0.39 is 0 Å². The summed E-state index contributed by atoms with van der Waals surface area (Å²) in [6.07, 6.45) is 3.42. The second kappa shape index (κ2) is 7.74. The molecule has 25 heavy (non-hydrogen) atoms. The second-order valence-electron chi connectivity index (χ2n) is 6.85.